The largest absolute Gasteiger partial charge is 0.447 e. The van der Waals surface area contributed by atoms with E-state index in [1.54, 1.807) is 37.8 Å². The van der Waals surface area contributed by atoms with E-state index in [1.807, 2.05) is 89.1 Å². The highest BCUT2D eigenvalue weighted by Gasteiger charge is 2.43. The van der Waals surface area contributed by atoms with Crippen molar-refractivity contribution >= 4 is 47.5 Å². The number of methoxy groups -OCH3 is 2. The molecule has 9 atom stereocenters. The number of nitrogens with zero attached hydrogens (tertiary/aromatic N) is 6. The zero-order valence-corrected chi connectivity index (χ0v) is 43.8. The summed E-state index contributed by atoms with van der Waals surface area (Å²) in [5.74, 6) is -2.33. The number of likely N-dealkylation sites (N-methyl/N-ethyl adjacent to an activating group) is 1. The highest BCUT2D eigenvalue weighted by Crippen LogP contribution is 2.30. The number of aliphatic imine (C=N–C) groups is 1. The third-order valence-electron chi connectivity index (χ3n) is 12.8. The lowest BCUT2D eigenvalue weighted by Gasteiger charge is -2.40. The Bertz CT molecular complexity index is 1920. The maximum Gasteiger partial charge on any atom is 0.407 e. The van der Waals surface area contributed by atoms with Gasteiger partial charge in [0.25, 0.3) is 11.8 Å². The number of carbonyl (C=O) groups is 7. The Morgan fingerprint density at radius 3 is 2.07 bits per heavy atom. The molecule has 0 bridgehead atoms. The second-order valence-electron chi connectivity index (χ2n) is 19.0. The van der Waals surface area contributed by atoms with Crippen LogP contribution in [-0.4, -0.2) is 203 Å². The van der Waals surface area contributed by atoms with Crippen LogP contribution in [-0.2, 0) is 54.1 Å². The van der Waals surface area contributed by atoms with Crippen molar-refractivity contribution in [3.05, 3.63) is 48.0 Å². The van der Waals surface area contributed by atoms with Crippen molar-refractivity contribution in [2.75, 3.05) is 88.9 Å². The molecule has 0 spiro atoms. The van der Waals surface area contributed by atoms with Crippen molar-refractivity contribution in [1.82, 2.24) is 40.4 Å². The van der Waals surface area contributed by atoms with E-state index in [1.165, 1.54) is 19.3 Å². The summed E-state index contributed by atoms with van der Waals surface area (Å²) in [6, 6.07) is 6.04. The number of imide groups is 1. The molecular weight excluding hydrogens is 903 g/mol. The Balaban J connectivity index is 1.68. The summed E-state index contributed by atoms with van der Waals surface area (Å²) >= 11 is 0. The first kappa shape index (κ1) is 58.7. The maximum atomic E-state index is 14.4. The predicted molar refractivity (Wildman–Crippen MR) is 265 cm³/mol. The minimum Gasteiger partial charge on any atom is -0.447 e. The molecule has 1 unspecified atom stereocenters. The van der Waals surface area contributed by atoms with Crippen molar-refractivity contribution in [3.8, 4) is 0 Å². The SMILES string of the molecule is CC[C@H](C)C([C@@H](CC(=O)N1CCC[C@H]1[C@H](OC)[C@@H](C)C(=O)N[C@@H](Cc1ccccc1)C(=O)N[C@@H](C)COC(=O)NCCOCCN1C(=O)C=CC1=O)OC)N(C)C(=O)[C@@H](N=C(N(C)C)N(C)C)C(C)C. The number of likely N-dealkylation sites (tertiary alicyclic amines) is 1. The van der Waals surface area contributed by atoms with Gasteiger partial charge in [-0.05, 0) is 37.2 Å². The van der Waals surface area contributed by atoms with E-state index in [2.05, 4.69) is 22.9 Å². The Labute approximate surface area is 415 Å². The lowest BCUT2D eigenvalue weighted by molar-refractivity contribution is -0.146. The van der Waals surface area contributed by atoms with Gasteiger partial charge < -0.3 is 54.5 Å². The van der Waals surface area contributed by atoms with Crippen LogP contribution in [0.4, 0.5) is 4.79 Å². The fraction of sp³-hybridized carbons (Fsp3) is 0.680. The van der Waals surface area contributed by atoms with Crippen LogP contribution in [0, 0.1) is 17.8 Å². The summed E-state index contributed by atoms with van der Waals surface area (Å²) in [7, 11) is 12.4. The van der Waals surface area contributed by atoms with Gasteiger partial charge in [0, 0.05) is 81.1 Å². The number of hydrogen-bond acceptors (Lipinski definition) is 12. The van der Waals surface area contributed by atoms with E-state index in [4.69, 9.17) is 23.9 Å². The van der Waals surface area contributed by atoms with Crippen LogP contribution in [0.1, 0.15) is 72.8 Å². The number of benzene rings is 1. The van der Waals surface area contributed by atoms with Gasteiger partial charge in [0.2, 0.25) is 23.6 Å². The highest BCUT2D eigenvalue weighted by molar-refractivity contribution is 6.12. The molecule has 2 aliphatic heterocycles. The molecular formula is C50H81N9O11. The van der Waals surface area contributed by atoms with Gasteiger partial charge in [0.15, 0.2) is 5.96 Å². The van der Waals surface area contributed by atoms with Crippen LogP contribution in [0.2, 0.25) is 0 Å². The van der Waals surface area contributed by atoms with Crippen LogP contribution in [0.25, 0.3) is 0 Å². The standard InChI is InChI=1S/C50H81N9O11/c1-14-33(4)44(57(11)48(65)43(32(2)3)54-49(55(7)8)56(9)10)39(67-12)30-42(62)58-25-18-21-38(58)45(68-13)35(6)46(63)53-37(29-36-19-16-15-17-20-36)47(64)52-34(5)31-70-50(66)51-24-27-69-28-26-59-40(60)22-23-41(59)61/h15-17,19-20,22-23,32-35,37-39,43-45H,14,18,21,24-31H2,1-13H3,(H,51,66)(H,52,64)(H,53,63)/t33-,34-,35+,37-,38-,39+,43-,44?,45+/m0/s1. The second kappa shape index (κ2) is 28.9. The monoisotopic (exact) mass is 984 g/mol. The number of alkyl carbamates (subject to hydrolysis) is 1. The molecule has 0 saturated carbocycles. The topological polar surface area (TPSA) is 221 Å². The number of rotatable bonds is 27. The zero-order valence-electron chi connectivity index (χ0n) is 43.8. The van der Waals surface area contributed by atoms with Crippen LogP contribution in [0.5, 0.6) is 0 Å². The predicted octanol–water partition coefficient (Wildman–Crippen LogP) is 2.31. The maximum absolute atomic E-state index is 14.4. The minimum absolute atomic E-state index is 0.00445. The van der Waals surface area contributed by atoms with Gasteiger partial charge in [0.1, 0.15) is 18.7 Å². The molecule has 2 aliphatic rings. The number of nitrogens with one attached hydrogen (secondary N) is 3. The normalized spacial score (nSPS) is 18.0. The molecule has 7 amide bonds. The van der Waals surface area contributed by atoms with E-state index in [0.29, 0.717) is 25.3 Å². The quantitative estimate of drug-likeness (QED) is 0.0500. The van der Waals surface area contributed by atoms with E-state index >= 15 is 0 Å². The average Bonchev–Trinajstić information content (AvgIpc) is 3.94. The molecule has 1 aromatic carbocycles. The summed E-state index contributed by atoms with van der Waals surface area (Å²) in [6.07, 6.45) is 2.48. The Morgan fingerprint density at radius 1 is 0.857 bits per heavy atom. The molecule has 0 radical (unpaired) electrons. The first-order chi connectivity index (χ1) is 33.2. The van der Waals surface area contributed by atoms with Gasteiger partial charge in [0.05, 0.1) is 62.4 Å². The summed E-state index contributed by atoms with van der Waals surface area (Å²) in [6.45, 7) is 12.1. The molecule has 3 rings (SSSR count). The fourth-order valence-electron chi connectivity index (χ4n) is 8.89. The lowest BCUT2D eigenvalue weighted by Crippen LogP contribution is -2.56. The van der Waals surface area contributed by atoms with Crippen LogP contribution in [0.3, 0.4) is 0 Å². The number of carbonyl (C=O) groups excluding carboxylic acids is 7. The molecule has 0 aliphatic carbocycles. The fourth-order valence-corrected chi connectivity index (χ4v) is 8.89. The minimum atomic E-state index is -1.01. The first-order valence-corrected chi connectivity index (χ1v) is 24.4. The molecule has 1 saturated heterocycles. The van der Waals surface area contributed by atoms with E-state index < -0.39 is 78.1 Å². The van der Waals surface area contributed by atoms with E-state index in [0.717, 1.165) is 16.9 Å². The van der Waals surface area contributed by atoms with E-state index in [-0.39, 0.29) is 69.4 Å². The first-order valence-electron chi connectivity index (χ1n) is 24.4. The number of hydrogen-bond donors (Lipinski definition) is 3. The van der Waals surface area contributed by atoms with Gasteiger partial charge in [-0.15, -0.1) is 0 Å². The highest BCUT2D eigenvalue weighted by atomic mass is 16.5. The molecule has 3 N–H and O–H groups in total. The molecule has 20 nitrogen and oxygen atoms in total. The Morgan fingerprint density at radius 2 is 1.50 bits per heavy atom. The Hall–Kier alpha value is -5.60. The van der Waals surface area contributed by atoms with Gasteiger partial charge in [-0.1, -0.05) is 71.4 Å². The summed E-state index contributed by atoms with van der Waals surface area (Å²) in [4.78, 5) is 106. The summed E-state index contributed by atoms with van der Waals surface area (Å²) in [5, 5.41) is 8.34. The zero-order chi connectivity index (χ0) is 52.2. The number of guanidine groups is 1. The lowest BCUT2D eigenvalue weighted by atomic mass is 9.89. The Kier molecular flexibility index (Phi) is 24.3. The summed E-state index contributed by atoms with van der Waals surface area (Å²) in [5.41, 5.74) is 0.808. The second-order valence-corrected chi connectivity index (χ2v) is 19.0. The number of ether oxygens (including phenoxy) is 4. The molecule has 70 heavy (non-hydrogen) atoms. The van der Waals surface area contributed by atoms with Gasteiger partial charge in [-0.3, -0.25) is 33.7 Å². The van der Waals surface area contributed by atoms with Crippen LogP contribution in [0.15, 0.2) is 47.5 Å². The van der Waals surface area contributed by atoms with Crippen molar-refractivity contribution in [3.63, 3.8) is 0 Å². The van der Waals surface area contributed by atoms with Crippen molar-refractivity contribution in [2.24, 2.45) is 22.7 Å². The molecule has 2 heterocycles. The van der Waals surface area contributed by atoms with Gasteiger partial charge >= 0.3 is 6.09 Å². The third kappa shape index (κ3) is 17.1. The van der Waals surface area contributed by atoms with Crippen LogP contribution >= 0.6 is 0 Å². The van der Waals surface area contributed by atoms with Crippen molar-refractivity contribution < 1.29 is 52.5 Å². The van der Waals surface area contributed by atoms with Crippen LogP contribution < -0.4 is 16.0 Å². The molecule has 1 aromatic rings. The van der Waals surface area contributed by atoms with Crippen molar-refractivity contribution in [1.29, 1.82) is 0 Å². The molecule has 1 fully saturated rings. The van der Waals surface area contributed by atoms with E-state index in [9.17, 15) is 33.6 Å². The average molecular weight is 984 g/mol. The molecule has 20 heteroatoms. The van der Waals surface area contributed by atoms with Gasteiger partial charge in [-0.2, -0.15) is 0 Å². The molecule has 392 valence electrons. The number of amides is 7. The third-order valence-corrected chi connectivity index (χ3v) is 12.8. The summed E-state index contributed by atoms with van der Waals surface area (Å²) < 4.78 is 22.8. The van der Waals surface area contributed by atoms with Crippen molar-refractivity contribution in [2.45, 2.75) is 116 Å². The molecule has 0 aromatic heterocycles. The smallest absolute Gasteiger partial charge is 0.407 e. The van der Waals surface area contributed by atoms with Gasteiger partial charge in [-0.25, -0.2) is 9.79 Å².